The molecule has 0 aliphatic rings. The topological polar surface area (TPSA) is 0 Å². The van der Waals surface area contributed by atoms with Crippen LogP contribution in [0, 0.1) is 17.8 Å². The summed E-state index contributed by atoms with van der Waals surface area (Å²) in [7, 11) is 0. The molecule has 0 bridgehead atoms. The zero-order valence-corrected chi connectivity index (χ0v) is 13.8. The van der Waals surface area contributed by atoms with Gasteiger partial charge in [-0.25, -0.2) is 0 Å². The molecule has 0 spiro atoms. The molecule has 0 aromatic heterocycles. The van der Waals surface area contributed by atoms with E-state index in [1.807, 2.05) is 0 Å². The smallest absolute Gasteiger partial charge is 0.0443 e. The quantitative estimate of drug-likeness (QED) is 0.335. The van der Waals surface area contributed by atoms with E-state index in [1.165, 1.54) is 64.2 Å². The van der Waals surface area contributed by atoms with E-state index < -0.39 is 0 Å². The Labute approximate surface area is 117 Å². The lowest BCUT2D eigenvalue weighted by molar-refractivity contribution is 0.387. The van der Waals surface area contributed by atoms with Crippen molar-refractivity contribution in [2.75, 3.05) is 0 Å². The van der Waals surface area contributed by atoms with Gasteiger partial charge in [-0.15, -0.1) is 0 Å². The molecule has 0 N–H and O–H groups in total. The first-order valence-electron chi connectivity index (χ1n) is 8.56. The molecule has 0 unspecified atom stereocenters. The maximum Gasteiger partial charge on any atom is -0.0443 e. The van der Waals surface area contributed by atoms with Gasteiger partial charge < -0.3 is 0 Å². The van der Waals surface area contributed by atoms with Gasteiger partial charge in [0.2, 0.25) is 0 Å². The predicted molar refractivity (Wildman–Crippen MR) is 85.0 cm³/mol. The summed E-state index contributed by atoms with van der Waals surface area (Å²) in [6.07, 6.45) is 14.3. The number of hydrogen-bond donors (Lipinski definition) is 0. The summed E-state index contributed by atoms with van der Waals surface area (Å²) in [5.41, 5.74) is 0. The monoisotopic (exact) mass is 254 g/mol. The Hall–Kier alpha value is 0. The molecular weight excluding hydrogens is 216 g/mol. The lowest BCUT2D eigenvalue weighted by Crippen LogP contribution is -2.00. The second kappa shape index (κ2) is 12.1. The van der Waals surface area contributed by atoms with Crippen LogP contribution in [-0.2, 0) is 0 Å². The molecule has 0 aromatic carbocycles. The van der Waals surface area contributed by atoms with Crippen molar-refractivity contribution in [2.45, 2.75) is 98.8 Å². The highest BCUT2D eigenvalue weighted by Gasteiger charge is 2.06. The molecule has 0 aliphatic carbocycles. The molecule has 0 fully saturated rings. The van der Waals surface area contributed by atoms with Crippen LogP contribution in [0.5, 0.6) is 0 Å². The summed E-state index contributed by atoms with van der Waals surface area (Å²) in [4.78, 5) is 0. The van der Waals surface area contributed by atoms with Crippen molar-refractivity contribution in [3.63, 3.8) is 0 Å². The minimum atomic E-state index is 0.885. The van der Waals surface area contributed by atoms with E-state index >= 15 is 0 Å². The van der Waals surface area contributed by atoms with Crippen LogP contribution in [0.25, 0.3) is 0 Å². The van der Waals surface area contributed by atoms with Gasteiger partial charge in [0.15, 0.2) is 0 Å². The van der Waals surface area contributed by atoms with Gasteiger partial charge >= 0.3 is 0 Å². The van der Waals surface area contributed by atoms with Crippen LogP contribution < -0.4 is 0 Å². The molecule has 0 aliphatic heterocycles. The number of hydrogen-bond acceptors (Lipinski definition) is 0. The molecule has 0 aromatic rings. The summed E-state index contributed by atoms with van der Waals surface area (Å²) in [6, 6.07) is 0. The number of rotatable bonds is 12. The van der Waals surface area contributed by atoms with Crippen molar-refractivity contribution in [3.8, 4) is 0 Å². The SMILES string of the molecule is CCCCC[C@H](C)CCC[C@@H](C)CCCC(C)C. The number of unbranched alkanes of at least 4 members (excludes halogenated alkanes) is 2. The minimum Gasteiger partial charge on any atom is -0.0654 e. The summed E-state index contributed by atoms with van der Waals surface area (Å²) >= 11 is 0. The average molecular weight is 255 g/mol. The van der Waals surface area contributed by atoms with Crippen LogP contribution in [0.1, 0.15) is 98.8 Å². The first kappa shape index (κ1) is 18.0. The van der Waals surface area contributed by atoms with Crippen LogP contribution in [0.4, 0.5) is 0 Å². The highest BCUT2D eigenvalue weighted by molar-refractivity contribution is 4.59. The second-order valence-corrected chi connectivity index (χ2v) is 6.96. The Morgan fingerprint density at radius 1 is 0.556 bits per heavy atom. The largest absolute Gasteiger partial charge is 0.0654 e. The molecule has 0 saturated carbocycles. The van der Waals surface area contributed by atoms with Gasteiger partial charge in [0, 0.05) is 0 Å². The predicted octanol–water partition coefficient (Wildman–Crippen LogP) is 6.84. The minimum absolute atomic E-state index is 0.885. The van der Waals surface area contributed by atoms with E-state index in [2.05, 4.69) is 34.6 Å². The van der Waals surface area contributed by atoms with Gasteiger partial charge in [-0.2, -0.15) is 0 Å². The maximum absolute atomic E-state index is 2.45. The van der Waals surface area contributed by atoms with Gasteiger partial charge in [0.25, 0.3) is 0 Å². The van der Waals surface area contributed by atoms with Crippen molar-refractivity contribution in [2.24, 2.45) is 17.8 Å². The van der Waals surface area contributed by atoms with Crippen molar-refractivity contribution in [3.05, 3.63) is 0 Å². The molecular formula is C18H38. The van der Waals surface area contributed by atoms with Crippen LogP contribution in [0.3, 0.4) is 0 Å². The zero-order valence-electron chi connectivity index (χ0n) is 13.8. The maximum atomic E-state index is 2.45. The Morgan fingerprint density at radius 3 is 1.44 bits per heavy atom. The standard InChI is InChI=1S/C18H38/c1-6-7-8-12-17(4)14-10-15-18(5)13-9-11-16(2)3/h16-18H,6-15H2,1-5H3/t17-,18-/m0/s1. The summed E-state index contributed by atoms with van der Waals surface area (Å²) < 4.78 is 0. The van der Waals surface area contributed by atoms with Crippen molar-refractivity contribution in [1.29, 1.82) is 0 Å². The van der Waals surface area contributed by atoms with Crippen molar-refractivity contribution in [1.82, 2.24) is 0 Å². The Bertz CT molecular complexity index is 159. The molecule has 0 rings (SSSR count). The third kappa shape index (κ3) is 12.5. The molecule has 0 amide bonds. The molecule has 2 atom stereocenters. The van der Waals surface area contributed by atoms with E-state index in [-0.39, 0.29) is 0 Å². The van der Waals surface area contributed by atoms with Crippen molar-refractivity contribution < 1.29 is 0 Å². The van der Waals surface area contributed by atoms with Crippen LogP contribution >= 0.6 is 0 Å². The Kier molecular flexibility index (Phi) is 12.1. The van der Waals surface area contributed by atoms with Gasteiger partial charge in [-0.1, -0.05) is 98.8 Å². The van der Waals surface area contributed by atoms with Gasteiger partial charge in [0.1, 0.15) is 0 Å². The Morgan fingerprint density at radius 2 is 1.00 bits per heavy atom. The van der Waals surface area contributed by atoms with Crippen LogP contribution in [0.2, 0.25) is 0 Å². The van der Waals surface area contributed by atoms with E-state index in [4.69, 9.17) is 0 Å². The average Bonchev–Trinajstić information content (AvgIpc) is 2.29. The van der Waals surface area contributed by atoms with Crippen LogP contribution in [0.15, 0.2) is 0 Å². The summed E-state index contributed by atoms with van der Waals surface area (Å²) in [5.74, 6) is 2.79. The normalized spacial score (nSPS) is 15.0. The fourth-order valence-electron chi connectivity index (χ4n) is 2.72. The molecule has 0 nitrogen and oxygen atoms in total. The zero-order chi connectivity index (χ0) is 13.8. The van der Waals surface area contributed by atoms with Crippen LogP contribution in [-0.4, -0.2) is 0 Å². The first-order chi connectivity index (χ1) is 8.56. The van der Waals surface area contributed by atoms with E-state index in [9.17, 15) is 0 Å². The summed E-state index contributed by atoms with van der Waals surface area (Å²) in [5, 5.41) is 0. The second-order valence-electron chi connectivity index (χ2n) is 6.96. The highest BCUT2D eigenvalue weighted by atomic mass is 14.1. The fraction of sp³-hybridized carbons (Fsp3) is 1.00. The molecule has 0 saturated heterocycles. The van der Waals surface area contributed by atoms with Crippen molar-refractivity contribution >= 4 is 0 Å². The van der Waals surface area contributed by atoms with E-state index in [1.54, 1.807) is 0 Å². The first-order valence-corrected chi connectivity index (χ1v) is 8.56. The highest BCUT2D eigenvalue weighted by Crippen LogP contribution is 2.21. The third-order valence-electron chi connectivity index (χ3n) is 4.17. The van der Waals surface area contributed by atoms with Gasteiger partial charge in [-0.05, 0) is 17.8 Å². The van der Waals surface area contributed by atoms with Gasteiger partial charge in [-0.3, -0.25) is 0 Å². The lowest BCUT2D eigenvalue weighted by atomic mass is 9.92. The third-order valence-corrected chi connectivity index (χ3v) is 4.17. The fourth-order valence-corrected chi connectivity index (χ4v) is 2.72. The summed E-state index contributed by atoms with van der Waals surface area (Å²) in [6.45, 7) is 11.9. The van der Waals surface area contributed by atoms with Gasteiger partial charge in [0.05, 0.1) is 0 Å². The molecule has 18 heavy (non-hydrogen) atoms. The van der Waals surface area contributed by atoms with E-state index in [0.29, 0.717) is 0 Å². The lowest BCUT2D eigenvalue weighted by Gasteiger charge is -2.14. The molecule has 0 heteroatoms. The molecule has 0 radical (unpaired) electrons. The molecule has 0 heterocycles. The van der Waals surface area contributed by atoms with E-state index in [0.717, 1.165) is 17.8 Å². The molecule has 110 valence electrons. The Balaban J connectivity index is 3.35.